The number of hydrogen-bond acceptors (Lipinski definition) is 7. The summed E-state index contributed by atoms with van der Waals surface area (Å²) >= 11 is 1.57. The average Bonchev–Trinajstić information content (AvgIpc) is 3.85. The van der Waals surface area contributed by atoms with Gasteiger partial charge in [0.2, 0.25) is 0 Å². The predicted molar refractivity (Wildman–Crippen MR) is 179 cm³/mol. The molecule has 1 aliphatic heterocycles. The van der Waals surface area contributed by atoms with Crippen molar-refractivity contribution >= 4 is 23.5 Å². The fourth-order valence-corrected chi connectivity index (χ4v) is 6.14. The number of urea groups is 1. The first-order chi connectivity index (χ1) is 23.0. The molecule has 2 N–H and O–H groups in total. The Morgan fingerprint density at radius 2 is 1.87 bits per heavy atom. The Kier molecular flexibility index (Phi) is 10.4. The number of carbonyl (C=O) groups is 2. The second-order valence-corrected chi connectivity index (χ2v) is 12.0. The summed E-state index contributed by atoms with van der Waals surface area (Å²) in [6.07, 6.45) is 4.10. The average molecular weight is 653 g/mol. The van der Waals surface area contributed by atoms with Crippen molar-refractivity contribution in [3.05, 3.63) is 102 Å². The third kappa shape index (κ3) is 8.33. The highest BCUT2D eigenvalue weighted by Gasteiger charge is 2.21. The van der Waals surface area contributed by atoms with Gasteiger partial charge < -0.3 is 25.0 Å². The number of rotatable bonds is 14. The molecular formula is C35H38N7O4S+. The van der Waals surface area contributed by atoms with Crippen LogP contribution in [0.3, 0.4) is 0 Å². The van der Waals surface area contributed by atoms with Crippen LogP contribution in [0.4, 0.5) is 9.59 Å². The molecule has 0 unspecified atom stereocenters. The van der Waals surface area contributed by atoms with E-state index in [1.165, 1.54) is 0 Å². The number of aromatic nitrogens is 4. The fourth-order valence-electron chi connectivity index (χ4n) is 5.28. The van der Waals surface area contributed by atoms with E-state index in [-0.39, 0.29) is 12.6 Å². The van der Waals surface area contributed by atoms with Crippen molar-refractivity contribution in [2.45, 2.75) is 25.9 Å². The SMILES string of the molecule is C[n+]1nn(-c2ccc(-c3nc(-c4ccccc4)cs3)c(OCCN3CCNC3=O)c2)cc1CCCCNC(=O)OCc1ccccc1. The van der Waals surface area contributed by atoms with Crippen LogP contribution in [0.5, 0.6) is 5.75 Å². The molecule has 0 bridgehead atoms. The predicted octanol–water partition coefficient (Wildman–Crippen LogP) is 5.14. The van der Waals surface area contributed by atoms with E-state index < -0.39 is 6.09 Å². The van der Waals surface area contributed by atoms with Crippen LogP contribution in [0.15, 0.2) is 90.4 Å². The quantitative estimate of drug-likeness (QED) is 0.127. The molecule has 0 spiro atoms. The molecule has 6 rings (SSSR count). The van der Waals surface area contributed by atoms with Crippen LogP contribution in [0.25, 0.3) is 27.5 Å². The van der Waals surface area contributed by atoms with Crippen LogP contribution >= 0.6 is 11.3 Å². The Bertz CT molecular complexity index is 1790. The van der Waals surface area contributed by atoms with Crippen molar-refractivity contribution in [1.29, 1.82) is 0 Å². The molecule has 0 saturated carbocycles. The van der Waals surface area contributed by atoms with Crippen LogP contribution in [0.2, 0.25) is 0 Å². The molecule has 47 heavy (non-hydrogen) atoms. The molecule has 11 nitrogen and oxygen atoms in total. The highest BCUT2D eigenvalue weighted by Crippen LogP contribution is 2.36. The van der Waals surface area contributed by atoms with Gasteiger partial charge in [0.05, 0.1) is 23.0 Å². The van der Waals surface area contributed by atoms with Crippen LogP contribution in [-0.4, -0.2) is 64.7 Å². The topological polar surface area (TPSA) is 114 Å². The summed E-state index contributed by atoms with van der Waals surface area (Å²) in [5, 5.41) is 13.3. The molecule has 2 aromatic heterocycles. The number of aryl methyl sites for hydroxylation is 2. The van der Waals surface area contributed by atoms with Crippen molar-refractivity contribution < 1.29 is 23.7 Å². The monoisotopic (exact) mass is 652 g/mol. The Morgan fingerprint density at radius 3 is 2.66 bits per heavy atom. The summed E-state index contributed by atoms with van der Waals surface area (Å²) in [4.78, 5) is 30.8. The zero-order chi connectivity index (χ0) is 32.4. The summed E-state index contributed by atoms with van der Waals surface area (Å²) in [6, 6.07) is 25.7. The second kappa shape index (κ2) is 15.4. The summed E-state index contributed by atoms with van der Waals surface area (Å²) in [5.41, 5.74) is 5.74. The number of nitrogens with one attached hydrogen (secondary N) is 2. The molecule has 3 heterocycles. The molecule has 0 atom stereocenters. The van der Waals surface area contributed by atoms with Crippen molar-refractivity contribution in [3.8, 4) is 33.3 Å². The zero-order valence-corrected chi connectivity index (χ0v) is 27.1. The van der Waals surface area contributed by atoms with Crippen molar-refractivity contribution in [2.75, 3.05) is 32.8 Å². The van der Waals surface area contributed by atoms with Crippen LogP contribution in [-0.2, 0) is 24.8 Å². The number of nitrogens with zero attached hydrogens (tertiary/aromatic N) is 5. The molecule has 1 aliphatic rings. The van der Waals surface area contributed by atoms with E-state index in [4.69, 9.17) is 19.7 Å². The van der Waals surface area contributed by atoms with Gasteiger partial charge >= 0.3 is 12.1 Å². The van der Waals surface area contributed by atoms with Gasteiger partial charge in [-0.2, -0.15) is 0 Å². The first-order valence-electron chi connectivity index (χ1n) is 15.7. The zero-order valence-electron chi connectivity index (χ0n) is 26.3. The summed E-state index contributed by atoms with van der Waals surface area (Å²) in [7, 11) is 1.93. The molecule has 3 amide bonds. The molecule has 3 aromatic carbocycles. The Labute approximate surface area is 277 Å². The van der Waals surface area contributed by atoms with Gasteiger partial charge in [-0.25, -0.2) is 14.6 Å². The molecule has 242 valence electrons. The van der Waals surface area contributed by atoms with Gasteiger partial charge in [-0.3, -0.25) is 0 Å². The van der Waals surface area contributed by atoms with Crippen LogP contribution in [0.1, 0.15) is 24.1 Å². The van der Waals surface area contributed by atoms with E-state index in [0.29, 0.717) is 38.5 Å². The lowest BCUT2D eigenvalue weighted by molar-refractivity contribution is -0.738. The van der Waals surface area contributed by atoms with E-state index in [0.717, 1.165) is 58.0 Å². The lowest BCUT2D eigenvalue weighted by atomic mass is 10.1. The molecular weight excluding hydrogens is 614 g/mol. The molecule has 1 fully saturated rings. The molecule has 1 saturated heterocycles. The molecule has 0 radical (unpaired) electrons. The molecule has 5 aromatic rings. The minimum absolute atomic E-state index is 0.0645. The van der Waals surface area contributed by atoms with Gasteiger partial charge in [0, 0.05) is 43.1 Å². The van der Waals surface area contributed by atoms with Gasteiger partial charge in [-0.1, -0.05) is 60.7 Å². The van der Waals surface area contributed by atoms with Crippen molar-refractivity contribution in [2.24, 2.45) is 7.05 Å². The van der Waals surface area contributed by atoms with Gasteiger partial charge in [-0.15, -0.1) is 20.7 Å². The van der Waals surface area contributed by atoms with E-state index in [1.54, 1.807) is 16.2 Å². The van der Waals surface area contributed by atoms with E-state index in [1.807, 2.05) is 101 Å². The number of amides is 3. The molecule has 0 aliphatic carbocycles. The van der Waals surface area contributed by atoms with Crippen LogP contribution in [0, 0.1) is 0 Å². The van der Waals surface area contributed by atoms with E-state index >= 15 is 0 Å². The maximum Gasteiger partial charge on any atom is 0.407 e. The smallest absolute Gasteiger partial charge is 0.407 e. The summed E-state index contributed by atoms with van der Waals surface area (Å²) < 4.78 is 15.3. The van der Waals surface area contributed by atoms with Crippen molar-refractivity contribution in [1.82, 2.24) is 30.4 Å². The third-order valence-corrected chi connectivity index (χ3v) is 8.73. The van der Waals surface area contributed by atoms with E-state index in [9.17, 15) is 9.59 Å². The summed E-state index contributed by atoms with van der Waals surface area (Å²) in [5.74, 6) is 0.681. The number of thiazole rings is 1. The Morgan fingerprint density at radius 1 is 1.06 bits per heavy atom. The highest BCUT2D eigenvalue weighted by atomic mass is 32.1. The lowest BCUT2D eigenvalue weighted by Crippen LogP contribution is -2.35. The Hall–Kier alpha value is -5.23. The van der Waals surface area contributed by atoms with Crippen LogP contribution < -0.4 is 20.1 Å². The third-order valence-electron chi connectivity index (χ3n) is 7.86. The first kappa shape index (κ1) is 31.7. The van der Waals surface area contributed by atoms with Crippen molar-refractivity contribution in [3.63, 3.8) is 0 Å². The number of unbranched alkanes of at least 4 members (excludes halogenated alkanes) is 1. The Balaban J connectivity index is 1.09. The number of hydrogen-bond donors (Lipinski definition) is 2. The van der Waals surface area contributed by atoms with Gasteiger partial charge in [0.25, 0.3) is 0 Å². The maximum atomic E-state index is 12.0. The maximum absolute atomic E-state index is 12.0. The minimum Gasteiger partial charge on any atom is -0.491 e. The number of alkyl carbamates (subject to hydrolysis) is 1. The van der Waals surface area contributed by atoms with Gasteiger partial charge in [-0.05, 0) is 30.5 Å². The minimum atomic E-state index is -0.411. The lowest BCUT2D eigenvalue weighted by Gasteiger charge is -2.16. The second-order valence-electron chi connectivity index (χ2n) is 11.2. The summed E-state index contributed by atoms with van der Waals surface area (Å²) in [6.45, 7) is 2.95. The van der Waals surface area contributed by atoms with Gasteiger partial charge in [0.15, 0.2) is 17.6 Å². The van der Waals surface area contributed by atoms with E-state index in [2.05, 4.69) is 16.0 Å². The highest BCUT2D eigenvalue weighted by molar-refractivity contribution is 7.13. The standard InChI is InChI=1S/C35H37N7O4S/c1-40-29(14-8-9-17-37-35(44)46-24-26-10-4-2-5-11-26)23-42(39-40)28-15-16-30(32(22-28)45-21-20-41-19-18-36-34(41)43)33-38-31(25-47-33)27-12-6-3-7-13-27/h2-7,10-13,15-16,22-23,25H,8-9,14,17-21,24H2,1H3,(H-,36,37,43,44)/p+1. The number of carbonyl (C=O) groups excluding carboxylic acids is 2. The first-order valence-corrected chi connectivity index (χ1v) is 16.6. The number of ether oxygens (including phenoxy) is 2. The molecule has 12 heteroatoms. The normalized spacial score (nSPS) is 12.6. The van der Waals surface area contributed by atoms with Gasteiger partial charge in [0.1, 0.15) is 31.0 Å². The fraction of sp³-hybridized carbons (Fsp3) is 0.286. The largest absolute Gasteiger partial charge is 0.491 e. The number of benzene rings is 3.